The number of halogens is 6. The van der Waals surface area contributed by atoms with Gasteiger partial charge < -0.3 is 9.47 Å². The Morgan fingerprint density at radius 1 is 1.24 bits per heavy atom. The first kappa shape index (κ1) is 17.1. The molecule has 0 saturated carbocycles. The normalized spacial score (nSPS) is 12.2. The van der Waals surface area contributed by atoms with Crippen LogP contribution in [0.3, 0.4) is 0 Å². The van der Waals surface area contributed by atoms with Gasteiger partial charge in [0.1, 0.15) is 5.56 Å². The second-order valence-corrected chi connectivity index (χ2v) is 3.87. The Hall–Kier alpha value is -2.00. The Balaban J connectivity index is 3.36. The molecule has 0 saturated heterocycles. The highest BCUT2D eigenvalue weighted by Crippen LogP contribution is 2.40. The smallest absolute Gasteiger partial charge is 0.469 e. The lowest BCUT2D eigenvalue weighted by molar-refractivity contribution is -0.276. The largest absolute Gasteiger partial charge is 0.573 e. The molecule has 0 bridgehead atoms. The third-order valence-electron chi connectivity index (χ3n) is 2.44. The van der Waals surface area contributed by atoms with E-state index in [2.05, 4.69) is 14.5 Å². The molecule has 0 atom stereocenters. The Kier molecular flexibility index (Phi) is 4.69. The molecule has 0 fully saturated rings. The minimum atomic E-state index is -5.29. The summed E-state index contributed by atoms with van der Waals surface area (Å²) in [5.74, 6) is -2.34. The number of alkyl halides is 6. The molecule has 0 spiro atoms. The molecule has 0 unspecified atom stereocenters. The van der Waals surface area contributed by atoms with Crippen LogP contribution in [0.25, 0.3) is 0 Å². The molecule has 21 heavy (non-hydrogen) atoms. The fourth-order valence-electron chi connectivity index (χ4n) is 1.57. The van der Waals surface area contributed by atoms with E-state index in [1.165, 1.54) is 0 Å². The standard InChI is InChI=1S/C11H9F6NO3/c1-5-6(3-8(19)20-2)18-4-7(21-11(15,16)17)9(5)10(12,13)14/h4H,3H2,1-2H3. The first-order valence-corrected chi connectivity index (χ1v) is 5.34. The molecule has 0 aliphatic carbocycles. The second-order valence-electron chi connectivity index (χ2n) is 3.87. The van der Waals surface area contributed by atoms with Crippen molar-refractivity contribution in [1.82, 2.24) is 4.98 Å². The molecular weight excluding hydrogens is 308 g/mol. The van der Waals surface area contributed by atoms with E-state index in [1.54, 1.807) is 0 Å². The van der Waals surface area contributed by atoms with Crippen LogP contribution in [0.2, 0.25) is 0 Å². The lowest BCUT2D eigenvalue weighted by atomic mass is 10.0. The summed E-state index contributed by atoms with van der Waals surface area (Å²) in [6.07, 6.45) is -10.7. The van der Waals surface area contributed by atoms with Gasteiger partial charge in [-0.15, -0.1) is 13.2 Å². The topological polar surface area (TPSA) is 48.4 Å². The average Bonchev–Trinajstić information content (AvgIpc) is 2.28. The van der Waals surface area contributed by atoms with Crippen LogP contribution in [-0.4, -0.2) is 24.4 Å². The summed E-state index contributed by atoms with van der Waals surface area (Å²) in [7, 11) is 1.02. The second kappa shape index (κ2) is 5.78. The number of hydrogen-bond donors (Lipinski definition) is 0. The van der Waals surface area contributed by atoms with Crippen molar-refractivity contribution >= 4 is 5.97 Å². The van der Waals surface area contributed by atoms with E-state index in [0.29, 0.717) is 0 Å². The van der Waals surface area contributed by atoms with Crippen LogP contribution < -0.4 is 4.74 Å². The van der Waals surface area contributed by atoms with E-state index in [0.717, 1.165) is 14.0 Å². The zero-order valence-electron chi connectivity index (χ0n) is 10.7. The molecular formula is C11H9F6NO3. The number of methoxy groups -OCH3 is 1. The minimum absolute atomic E-state index is 0.279. The first-order chi connectivity index (χ1) is 9.45. The van der Waals surface area contributed by atoms with Crippen molar-refractivity contribution < 1.29 is 40.6 Å². The van der Waals surface area contributed by atoms with Gasteiger partial charge in [0.25, 0.3) is 0 Å². The lowest BCUT2D eigenvalue weighted by Crippen LogP contribution is -2.22. The number of carbonyl (C=O) groups is 1. The van der Waals surface area contributed by atoms with Crippen molar-refractivity contribution in [2.75, 3.05) is 7.11 Å². The van der Waals surface area contributed by atoms with Gasteiger partial charge in [0, 0.05) is 0 Å². The summed E-state index contributed by atoms with van der Waals surface area (Å²) in [6.45, 7) is 0.900. The zero-order chi connectivity index (χ0) is 16.4. The SMILES string of the molecule is COC(=O)Cc1ncc(OC(F)(F)F)c(C(F)(F)F)c1C. The first-order valence-electron chi connectivity index (χ1n) is 5.34. The zero-order valence-corrected chi connectivity index (χ0v) is 10.7. The van der Waals surface area contributed by atoms with Crippen LogP contribution in [0.1, 0.15) is 16.8 Å². The Morgan fingerprint density at radius 2 is 1.81 bits per heavy atom. The van der Waals surface area contributed by atoms with E-state index in [-0.39, 0.29) is 11.9 Å². The molecule has 4 nitrogen and oxygen atoms in total. The molecule has 0 aliphatic heterocycles. The van der Waals surface area contributed by atoms with Gasteiger partial charge in [0.2, 0.25) is 0 Å². The highest BCUT2D eigenvalue weighted by Gasteiger charge is 2.41. The van der Waals surface area contributed by atoms with E-state index >= 15 is 0 Å². The van der Waals surface area contributed by atoms with E-state index in [1.807, 2.05) is 0 Å². The quantitative estimate of drug-likeness (QED) is 0.635. The molecule has 1 rings (SSSR count). The molecule has 0 N–H and O–H groups in total. The lowest BCUT2D eigenvalue weighted by Gasteiger charge is -2.18. The van der Waals surface area contributed by atoms with Crippen LogP contribution in [0.15, 0.2) is 6.20 Å². The van der Waals surface area contributed by atoms with Crippen molar-refractivity contribution in [3.05, 3.63) is 23.0 Å². The van der Waals surface area contributed by atoms with Gasteiger partial charge in [-0.25, -0.2) is 0 Å². The molecule has 118 valence electrons. The van der Waals surface area contributed by atoms with Crippen molar-refractivity contribution in [1.29, 1.82) is 0 Å². The third kappa shape index (κ3) is 4.50. The fraction of sp³-hybridized carbons (Fsp3) is 0.455. The van der Waals surface area contributed by atoms with Gasteiger partial charge in [0.15, 0.2) is 5.75 Å². The van der Waals surface area contributed by atoms with Crippen molar-refractivity contribution in [3.63, 3.8) is 0 Å². The van der Waals surface area contributed by atoms with Crippen LogP contribution in [0.5, 0.6) is 5.75 Å². The number of esters is 1. The van der Waals surface area contributed by atoms with Gasteiger partial charge in [0.05, 0.1) is 25.4 Å². The van der Waals surface area contributed by atoms with Crippen LogP contribution in [-0.2, 0) is 22.1 Å². The Labute approximate surface area is 114 Å². The Bertz CT molecular complexity index is 538. The number of carbonyl (C=O) groups excluding carboxylic acids is 1. The van der Waals surface area contributed by atoms with E-state index in [9.17, 15) is 31.1 Å². The predicted molar refractivity (Wildman–Crippen MR) is 56.4 cm³/mol. The molecule has 0 amide bonds. The number of hydrogen-bond acceptors (Lipinski definition) is 4. The average molecular weight is 317 g/mol. The third-order valence-corrected chi connectivity index (χ3v) is 2.44. The van der Waals surface area contributed by atoms with Gasteiger partial charge in [-0.2, -0.15) is 13.2 Å². The molecule has 1 aromatic rings. The summed E-state index contributed by atoms with van der Waals surface area (Å²) in [4.78, 5) is 14.5. The number of aromatic nitrogens is 1. The van der Waals surface area contributed by atoms with Crippen LogP contribution in [0.4, 0.5) is 26.3 Å². The Morgan fingerprint density at radius 3 is 2.24 bits per heavy atom. The highest BCUT2D eigenvalue weighted by molar-refractivity contribution is 5.72. The van der Waals surface area contributed by atoms with Gasteiger partial charge >= 0.3 is 18.5 Å². The van der Waals surface area contributed by atoms with Gasteiger partial charge in [-0.3, -0.25) is 9.78 Å². The van der Waals surface area contributed by atoms with Gasteiger partial charge in [-0.1, -0.05) is 0 Å². The van der Waals surface area contributed by atoms with E-state index in [4.69, 9.17) is 0 Å². The van der Waals surface area contributed by atoms with Crippen LogP contribution >= 0.6 is 0 Å². The molecule has 10 heteroatoms. The minimum Gasteiger partial charge on any atom is -0.469 e. The summed E-state index contributed by atoms with van der Waals surface area (Å²) in [5.41, 5.74) is -2.60. The van der Waals surface area contributed by atoms with Gasteiger partial charge in [-0.05, 0) is 12.5 Å². The maximum atomic E-state index is 12.9. The molecule has 0 radical (unpaired) electrons. The number of pyridine rings is 1. The molecule has 0 aromatic carbocycles. The summed E-state index contributed by atoms with van der Waals surface area (Å²) in [5, 5.41) is 0. The number of ether oxygens (including phenoxy) is 2. The maximum absolute atomic E-state index is 12.9. The van der Waals surface area contributed by atoms with E-state index < -0.39 is 41.8 Å². The van der Waals surface area contributed by atoms with Crippen molar-refractivity contribution in [2.45, 2.75) is 25.9 Å². The fourth-order valence-corrected chi connectivity index (χ4v) is 1.57. The van der Waals surface area contributed by atoms with Crippen molar-refractivity contribution in [3.8, 4) is 5.75 Å². The summed E-state index contributed by atoms with van der Waals surface area (Å²) in [6, 6.07) is 0. The van der Waals surface area contributed by atoms with Crippen LogP contribution in [0, 0.1) is 6.92 Å². The molecule has 0 aliphatic rings. The molecule has 1 aromatic heterocycles. The highest BCUT2D eigenvalue weighted by atomic mass is 19.4. The summed E-state index contributed by atoms with van der Waals surface area (Å²) >= 11 is 0. The maximum Gasteiger partial charge on any atom is 0.573 e. The molecule has 1 heterocycles. The summed E-state index contributed by atoms with van der Waals surface area (Å²) < 4.78 is 82.6. The number of rotatable bonds is 3. The monoisotopic (exact) mass is 317 g/mol. The number of nitrogens with zero attached hydrogens (tertiary/aromatic N) is 1. The predicted octanol–water partition coefficient (Wildman–Crippen LogP) is 3.02. The van der Waals surface area contributed by atoms with Crippen molar-refractivity contribution in [2.24, 2.45) is 0 Å².